The zero-order chi connectivity index (χ0) is 37.3. The zero-order valence-electron chi connectivity index (χ0n) is 29.9. The van der Waals surface area contributed by atoms with Gasteiger partial charge in [0.05, 0.1) is 0 Å². The first kappa shape index (κ1) is 35.5. The summed E-state index contributed by atoms with van der Waals surface area (Å²) >= 11 is 0. The second-order valence-electron chi connectivity index (χ2n) is 13.9. The number of aromatic nitrogens is 3. The van der Waals surface area contributed by atoms with Gasteiger partial charge >= 0.3 is 12.6 Å². The molecule has 2 saturated heterocycles. The van der Waals surface area contributed by atoms with E-state index in [0.717, 1.165) is 69.5 Å². The van der Waals surface area contributed by atoms with Gasteiger partial charge in [0.1, 0.15) is 35.6 Å². The van der Waals surface area contributed by atoms with E-state index in [1.807, 2.05) is 62.5 Å². The molecule has 2 fully saturated rings. The molecule has 278 valence electrons. The minimum absolute atomic E-state index is 0.146. The zero-order valence-corrected chi connectivity index (χ0v) is 29.9. The van der Waals surface area contributed by atoms with Gasteiger partial charge in [0, 0.05) is 60.3 Å². The van der Waals surface area contributed by atoms with E-state index < -0.39 is 24.8 Å². The molecule has 2 N–H and O–H groups in total. The predicted molar refractivity (Wildman–Crippen MR) is 199 cm³/mol. The maximum Gasteiger partial charge on any atom is 0.387 e. The van der Waals surface area contributed by atoms with Crippen molar-refractivity contribution in [2.24, 2.45) is 0 Å². The van der Waals surface area contributed by atoms with Crippen LogP contribution >= 0.6 is 0 Å². The Morgan fingerprint density at radius 3 is 2.63 bits per heavy atom. The Kier molecular flexibility index (Phi) is 9.91. The summed E-state index contributed by atoms with van der Waals surface area (Å²) in [5.74, 6) is 0.348. The highest BCUT2D eigenvalue weighted by atomic mass is 19.3. The van der Waals surface area contributed by atoms with Gasteiger partial charge in [-0.05, 0) is 97.8 Å². The van der Waals surface area contributed by atoms with E-state index in [1.165, 1.54) is 6.07 Å². The lowest BCUT2D eigenvalue weighted by Gasteiger charge is -2.17. The fraction of sp³-hybridized carbons (Fsp3) is 0.317. The number of esters is 1. The molecule has 3 aromatic heterocycles. The van der Waals surface area contributed by atoms with Gasteiger partial charge in [-0.15, -0.1) is 0 Å². The molecule has 2 aliphatic rings. The van der Waals surface area contributed by atoms with Crippen molar-refractivity contribution in [1.29, 1.82) is 0 Å². The third kappa shape index (κ3) is 7.33. The van der Waals surface area contributed by atoms with E-state index in [1.54, 1.807) is 12.3 Å². The highest BCUT2D eigenvalue weighted by Gasteiger charge is 2.25. The van der Waals surface area contributed by atoms with Crippen LogP contribution in [0.25, 0.3) is 44.6 Å². The lowest BCUT2D eigenvalue weighted by atomic mass is 9.93. The number of nitrogens with one attached hydrogen (secondary N) is 2. The number of hydrogen-bond donors (Lipinski definition) is 2. The summed E-state index contributed by atoms with van der Waals surface area (Å²) in [4.78, 5) is 28.7. The summed E-state index contributed by atoms with van der Waals surface area (Å²) in [7, 11) is 0. The van der Waals surface area contributed by atoms with E-state index >= 15 is 0 Å². The Morgan fingerprint density at radius 2 is 1.85 bits per heavy atom. The molecule has 0 saturated carbocycles. The summed E-state index contributed by atoms with van der Waals surface area (Å²) in [5, 5.41) is 7.52. The smallest absolute Gasteiger partial charge is 0.387 e. The molecule has 10 nitrogen and oxygen atoms in total. The summed E-state index contributed by atoms with van der Waals surface area (Å²) < 4.78 is 56.9. The van der Waals surface area contributed by atoms with E-state index in [4.69, 9.17) is 23.9 Å². The molecule has 54 heavy (non-hydrogen) atoms. The van der Waals surface area contributed by atoms with E-state index in [9.17, 15) is 18.0 Å². The SMILES string of the molecule is Cc1c(Nc2nccc3cc(CN4CCC(F)C4)cnc23)cccc1-c1cccc(-c2nc3cc(COC(=O)[C@@H]4CCCN4)c(OC(F)F)cc3o2)c1C. The van der Waals surface area contributed by atoms with Gasteiger partial charge in [-0.3, -0.25) is 14.7 Å². The molecule has 2 aliphatic heterocycles. The molecule has 0 bridgehead atoms. The van der Waals surface area contributed by atoms with Crippen molar-refractivity contribution in [2.45, 2.75) is 65.1 Å². The van der Waals surface area contributed by atoms with Crippen LogP contribution in [0.1, 0.15) is 41.5 Å². The first-order valence-corrected chi connectivity index (χ1v) is 18.1. The Morgan fingerprint density at radius 1 is 1.04 bits per heavy atom. The standard InChI is InChI=1S/C41H39F3N6O4/c1-23-29(30-7-4-9-32(24(30)2)48-38-37-26(11-14-46-38)16-25(19-47-37)20-50-15-12-28(42)21-50)6-3-8-31(23)39-49-34-17-27(22-52-40(51)33-10-5-13-45-33)35(54-41(43)44)18-36(34)53-39/h3-4,6-9,11,14,16-19,28,33,41,45H,5,10,12-13,15,20-22H2,1-2H3,(H,46,48)/t28?,33-/m0/s1. The number of carbonyl (C=O) groups is 1. The number of likely N-dealkylation sites (tertiary alicyclic amines) is 1. The van der Waals surface area contributed by atoms with Crippen LogP contribution in [0.15, 0.2) is 77.5 Å². The van der Waals surface area contributed by atoms with Crippen molar-refractivity contribution in [2.75, 3.05) is 25.0 Å². The van der Waals surface area contributed by atoms with Crippen molar-refractivity contribution < 1.29 is 31.9 Å². The number of alkyl halides is 3. The van der Waals surface area contributed by atoms with Gasteiger partial charge in [0.15, 0.2) is 11.4 Å². The third-order valence-electron chi connectivity index (χ3n) is 10.2. The highest BCUT2D eigenvalue weighted by molar-refractivity contribution is 5.91. The topological polar surface area (TPSA) is 115 Å². The number of hydrogen-bond acceptors (Lipinski definition) is 10. The number of pyridine rings is 2. The van der Waals surface area contributed by atoms with Crippen molar-refractivity contribution >= 4 is 39.5 Å². The summed E-state index contributed by atoms with van der Waals surface area (Å²) in [6.07, 6.45) is 4.91. The number of benzene rings is 3. The normalized spacial score (nSPS) is 17.5. The van der Waals surface area contributed by atoms with Gasteiger partial charge in [-0.1, -0.05) is 24.3 Å². The molecule has 0 spiro atoms. The Bertz CT molecular complexity index is 2340. The van der Waals surface area contributed by atoms with Crippen molar-refractivity contribution in [3.63, 3.8) is 0 Å². The fourth-order valence-electron chi connectivity index (χ4n) is 7.39. The van der Waals surface area contributed by atoms with E-state index in [2.05, 4.69) is 26.6 Å². The molecule has 0 amide bonds. The summed E-state index contributed by atoms with van der Waals surface area (Å²) in [5.41, 5.74) is 8.11. The third-order valence-corrected chi connectivity index (χ3v) is 10.2. The second kappa shape index (κ2) is 15.1. The monoisotopic (exact) mass is 736 g/mol. The minimum atomic E-state index is -3.08. The fourth-order valence-corrected chi connectivity index (χ4v) is 7.39. The number of ether oxygens (including phenoxy) is 2. The number of nitrogens with zero attached hydrogens (tertiary/aromatic N) is 4. The van der Waals surface area contributed by atoms with Crippen molar-refractivity contribution in [3.8, 4) is 28.3 Å². The molecule has 3 aromatic carbocycles. The Balaban J connectivity index is 1.06. The predicted octanol–water partition coefficient (Wildman–Crippen LogP) is 8.41. The summed E-state index contributed by atoms with van der Waals surface area (Å²) in [6, 6.07) is 18.4. The van der Waals surface area contributed by atoms with Crippen LogP contribution < -0.4 is 15.4 Å². The highest BCUT2D eigenvalue weighted by Crippen LogP contribution is 2.38. The van der Waals surface area contributed by atoms with Crippen LogP contribution in [0.5, 0.6) is 5.75 Å². The molecule has 8 rings (SSSR count). The second-order valence-corrected chi connectivity index (χ2v) is 13.9. The van der Waals surface area contributed by atoms with Crippen LogP contribution in [0, 0.1) is 13.8 Å². The molecule has 0 radical (unpaired) electrons. The Hall–Kier alpha value is -5.53. The average Bonchev–Trinajstić information content (AvgIpc) is 3.93. The lowest BCUT2D eigenvalue weighted by molar-refractivity contribution is -0.147. The quantitative estimate of drug-likeness (QED) is 0.126. The molecule has 0 aliphatic carbocycles. The van der Waals surface area contributed by atoms with Crippen molar-refractivity contribution in [3.05, 3.63) is 95.3 Å². The minimum Gasteiger partial charge on any atom is -0.460 e. The molecule has 6 aromatic rings. The summed E-state index contributed by atoms with van der Waals surface area (Å²) in [6.45, 7) is 3.26. The van der Waals surface area contributed by atoms with Gasteiger partial charge in [0.2, 0.25) is 5.89 Å². The van der Waals surface area contributed by atoms with Crippen LogP contribution in [-0.4, -0.2) is 64.3 Å². The molecule has 13 heteroatoms. The first-order chi connectivity index (χ1) is 26.2. The maximum atomic E-state index is 13.7. The van der Waals surface area contributed by atoms with Crippen molar-refractivity contribution in [1.82, 2.24) is 25.2 Å². The van der Waals surface area contributed by atoms with Gasteiger partial charge in [-0.25, -0.2) is 14.4 Å². The van der Waals surface area contributed by atoms with Crippen LogP contribution in [-0.2, 0) is 22.7 Å². The lowest BCUT2D eigenvalue weighted by Crippen LogP contribution is -2.32. The molecule has 5 heterocycles. The molecular weight excluding hydrogens is 697 g/mol. The molecule has 2 atom stereocenters. The number of oxazole rings is 1. The molecular formula is C41H39F3N6O4. The van der Waals surface area contributed by atoms with Gasteiger partial charge in [0.25, 0.3) is 0 Å². The van der Waals surface area contributed by atoms with E-state index in [0.29, 0.717) is 43.2 Å². The van der Waals surface area contributed by atoms with Gasteiger partial charge < -0.3 is 24.5 Å². The number of anilines is 2. The first-order valence-electron chi connectivity index (χ1n) is 18.1. The maximum absolute atomic E-state index is 13.7. The molecule has 1 unspecified atom stereocenters. The van der Waals surface area contributed by atoms with Crippen LogP contribution in [0.4, 0.5) is 24.7 Å². The largest absolute Gasteiger partial charge is 0.460 e. The van der Waals surface area contributed by atoms with E-state index in [-0.39, 0.29) is 23.5 Å². The van der Waals surface area contributed by atoms with Crippen LogP contribution in [0.3, 0.4) is 0 Å². The number of rotatable bonds is 11. The number of fused-ring (bicyclic) bond motifs is 2. The average molecular weight is 737 g/mol. The van der Waals surface area contributed by atoms with Crippen LogP contribution in [0.2, 0.25) is 0 Å². The van der Waals surface area contributed by atoms with Gasteiger partial charge in [-0.2, -0.15) is 8.78 Å². The Labute approximate surface area is 309 Å². The number of halogens is 3. The number of carbonyl (C=O) groups excluding carboxylic acids is 1.